The topological polar surface area (TPSA) is 24.1 Å². The summed E-state index contributed by atoms with van der Waals surface area (Å²) in [5.41, 5.74) is 5.50. The van der Waals surface area contributed by atoms with E-state index in [4.69, 9.17) is 0 Å². The van der Waals surface area contributed by atoms with Crippen molar-refractivity contribution < 1.29 is 0 Å². The molecule has 4 heteroatoms. The summed E-state index contributed by atoms with van der Waals surface area (Å²) in [4.78, 5) is 0. The summed E-state index contributed by atoms with van der Waals surface area (Å²) in [6.07, 6.45) is 5.23. The Morgan fingerprint density at radius 1 is 0.769 bits per heavy atom. The van der Waals surface area contributed by atoms with Gasteiger partial charge in [0.05, 0.1) is 0 Å². The van der Waals surface area contributed by atoms with Crippen LogP contribution < -0.4 is 10.6 Å². The van der Waals surface area contributed by atoms with Gasteiger partial charge in [0.1, 0.15) is 0 Å². The fourth-order valence-corrected chi connectivity index (χ4v) is 3.62. The molecule has 0 amide bonds. The molecule has 0 saturated heterocycles. The summed E-state index contributed by atoms with van der Waals surface area (Å²) >= 11 is 0. The minimum Gasteiger partial charge on any atom is -0.308 e. The Morgan fingerprint density at radius 2 is 1.35 bits per heavy atom. The number of benzene rings is 2. The molecule has 2 aromatic rings. The Morgan fingerprint density at radius 3 is 1.96 bits per heavy atom. The summed E-state index contributed by atoms with van der Waals surface area (Å²) in [5.74, 6) is 0. The van der Waals surface area contributed by atoms with Crippen LogP contribution in [0.4, 0.5) is 0 Å². The number of nitrogens with one attached hydrogen (secondary N) is 2. The summed E-state index contributed by atoms with van der Waals surface area (Å²) in [6.45, 7) is 6.28. The Hall–Kier alpha value is -1.06. The molecule has 2 aromatic carbocycles. The maximum Gasteiger partial charge on any atom is 0.0224 e. The minimum atomic E-state index is 0. The van der Waals surface area contributed by atoms with E-state index in [1.807, 2.05) is 0 Å². The van der Waals surface area contributed by atoms with Gasteiger partial charge in [-0.2, -0.15) is 0 Å². The van der Waals surface area contributed by atoms with E-state index >= 15 is 0 Å². The zero-order chi connectivity index (χ0) is 16.8. The summed E-state index contributed by atoms with van der Waals surface area (Å²) in [7, 11) is 0. The lowest BCUT2D eigenvalue weighted by Gasteiger charge is -2.33. The highest BCUT2D eigenvalue weighted by Crippen LogP contribution is 2.20. The molecule has 0 radical (unpaired) electrons. The molecule has 1 aliphatic carbocycles. The van der Waals surface area contributed by atoms with Crippen LogP contribution in [-0.4, -0.2) is 12.1 Å². The van der Waals surface area contributed by atoms with Crippen LogP contribution in [0.5, 0.6) is 0 Å². The molecule has 0 spiro atoms. The third-order valence-corrected chi connectivity index (χ3v) is 5.27. The van der Waals surface area contributed by atoms with Crippen molar-refractivity contribution in [2.75, 3.05) is 0 Å². The molecule has 0 aromatic heterocycles. The van der Waals surface area contributed by atoms with Crippen molar-refractivity contribution in [3.05, 3.63) is 70.8 Å². The average Bonchev–Trinajstić information content (AvgIpc) is 2.61. The maximum atomic E-state index is 3.81. The van der Waals surface area contributed by atoms with Crippen molar-refractivity contribution in [2.45, 2.75) is 64.7 Å². The van der Waals surface area contributed by atoms with Gasteiger partial charge in [0.2, 0.25) is 0 Å². The van der Waals surface area contributed by atoms with E-state index in [-0.39, 0.29) is 24.8 Å². The summed E-state index contributed by atoms with van der Waals surface area (Å²) in [6, 6.07) is 18.7. The average molecular weight is 395 g/mol. The predicted molar refractivity (Wildman–Crippen MR) is 117 cm³/mol. The van der Waals surface area contributed by atoms with Gasteiger partial charge in [0, 0.05) is 25.2 Å². The molecule has 2 N–H and O–H groups in total. The van der Waals surface area contributed by atoms with Crippen LogP contribution in [-0.2, 0) is 13.1 Å². The van der Waals surface area contributed by atoms with Crippen molar-refractivity contribution in [1.82, 2.24) is 10.6 Å². The predicted octanol–water partition coefficient (Wildman–Crippen LogP) is 5.34. The highest BCUT2D eigenvalue weighted by molar-refractivity contribution is 5.85. The monoisotopic (exact) mass is 394 g/mol. The van der Waals surface area contributed by atoms with Gasteiger partial charge in [-0.3, -0.25) is 0 Å². The first-order valence-electron chi connectivity index (χ1n) is 9.29. The van der Waals surface area contributed by atoms with Gasteiger partial charge < -0.3 is 10.6 Å². The second-order valence-corrected chi connectivity index (χ2v) is 7.17. The fraction of sp³-hybridized carbons (Fsp3) is 0.455. The molecule has 1 aliphatic rings. The van der Waals surface area contributed by atoms with Crippen molar-refractivity contribution in [2.24, 2.45) is 0 Å². The number of hydrogen-bond donors (Lipinski definition) is 2. The Bertz CT molecular complexity index is 643. The molecule has 2 atom stereocenters. The zero-order valence-corrected chi connectivity index (χ0v) is 17.5. The Labute approximate surface area is 171 Å². The quantitative estimate of drug-likeness (QED) is 0.690. The van der Waals surface area contributed by atoms with E-state index in [2.05, 4.69) is 73.0 Å². The number of rotatable bonds is 6. The van der Waals surface area contributed by atoms with E-state index < -0.39 is 0 Å². The number of aryl methyl sites for hydroxylation is 2. The molecule has 26 heavy (non-hydrogen) atoms. The lowest BCUT2D eigenvalue weighted by Crippen LogP contribution is -2.49. The third-order valence-electron chi connectivity index (χ3n) is 5.27. The molecule has 0 heterocycles. The standard InChI is InChI=1S/C22H30N2.2ClH/c1-17-11-13-19(14-12-17)15-23-21-9-5-6-10-22(21)24-16-20-8-4-3-7-18(20)2;;/h3-4,7-8,11-14,21-24H,5-6,9-10,15-16H2,1-2H3;2*1H. The van der Waals surface area contributed by atoms with Crippen molar-refractivity contribution in [3.63, 3.8) is 0 Å². The number of hydrogen-bond acceptors (Lipinski definition) is 2. The van der Waals surface area contributed by atoms with Gasteiger partial charge in [0.15, 0.2) is 0 Å². The van der Waals surface area contributed by atoms with Crippen LogP contribution >= 0.6 is 24.8 Å². The molecule has 0 aliphatic heterocycles. The molecular weight excluding hydrogens is 363 g/mol. The van der Waals surface area contributed by atoms with Gasteiger partial charge in [-0.05, 0) is 43.4 Å². The first kappa shape index (κ1) is 23.0. The van der Waals surface area contributed by atoms with Crippen molar-refractivity contribution >= 4 is 24.8 Å². The highest BCUT2D eigenvalue weighted by Gasteiger charge is 2.24. The number of halogens is 2. The lowest BCUT2D eigenvalue weighted by atomic mass is 9.89. The smallest absolute Gasteiger partial charge is 0.0224 e. The molecule has 2 nitrogen and oxygen atoms in total. The van der Waals surface area contributed by atoms with Gasteiger partial charge in [-0.15, -0.1) is 24.8 Å². The largest absolute Gasteiger partial charge is 0.308 e. The molecule has 2 unspecified atom stereocenters. The van der Waals surface area contributed by atoms with E-state index in [0.717, 1.165) is 13.1 Å². The molecule has 0 bridgehead atoms. The second kappa shape index (κ2) is 11.6. The van der Waals surface area contributed by atoms with Gasteiger partial charge in [-0.1, -0.05) is 66.9 Å². The van der Waals surface area contributed by atoms with Crippen molar-refractivity contribution in [1.29, 1.82) is 0 Å². The van der Waals surface area contributed by atoms with E-state index in [9.17, 15) is 0 Å². The second-order valence-electron chi connectivity index (χ2n) is 7.17. The summed E-state index contributed by atoms with van der Waals surface area (Å²) < 4.78 is 0. The Balaban J connectivity index is 0.00000169. The first-order chi connectivity index (χ1) is 11.7. The van der Waals surface area contributed by atoms with Crippen molar-refractivity contribution in [3.8, 4) is 0 Å². The maximum absolute atomic E-state index is 3.81. The zero-order valence-electron chi connectivity index (χ0n) is 15.8. The molecule has 144 valence electrons. The van der Waals surface area contributed by atoms with E-state index in [1.54, 1.807) is 0 Å². The third kappa shape index (κ3) is 6.59. The SMILES string of the molecule is Cc1ccc(CNC2CCCCC2NCc2ccccc2C)cc1.Cl.Cl. The van der Waals surface area contributed by atoms with Crippen LogP contribution in [0.2, 0.25) is 0 Å². The molecule has 1 saturated carbocycles. The van der Waals surface area contributed by atoms with Crippen LogP contribution in [0.15, 0.2) is 48.5 Å². The first-order valence-corrected chi connectivity index (χ1v) is 9.29. The van der Waals surface area contributed by atoms with Crippen LogP contribution in [0.25, 0.3) is 0 Å². The lowest BCUT2D eigenvalue weighted by molar-refractivity contribution is 0.281. The van der Waals surface area contributed by atoms with Gasteiger partial charge in [-0.25, -0.2) is 0 Å². The van der Waals surface area contributed by atoms with Crippen LogP contribution in [0.3, 0.4) is 0 Å². The van der Waals surface area contributed by atoms with Gasteiger partial charge >= 0.3 is 0 Å². The molecule has 1 fully saturated rings. The summed E-state index contributed by atoms with van der Waals surface area (Å²) in [5, 5.41) is 7.61. The van der Waals surface area contributed by atoms with E-state index in [0.29, 0.717) is 12.1 Å². The van der Waals surface area contributed by atoms with Gasteiger partial charge in [0.25, 0.3) is 0 Å². The van der Waals surface area contributed by atoms with Crippen LogP contribution in [0, 0.1) is 13.8 Å². The highest BCUT2D eigenvalue weighted by atomic mass is 35.5. The fourth-order valence-electron chi connectivity index (χ4n) is 3.62. The molecular formula is C22H32Cl2N2. The Kier molecular flexibility index (Phi) is 10.3. The van der Waals surface area contributed by atoms with Crippen LogP contribution in [0.1, 0.15) is 47.9 Å². The minimum absolute atomic E-state index is 0. The normalized spacial score (nSPS) is 19.3. The molecule has 3 rings (SSSR count). The van der Waals surface area contributed by atoms with E-state index in [1.165, 1.54) is 47.9 Å².